The molecule has 0 bridgehead atoms. The number of furan rings is 1. The number of carbonyl (C=O) groups is 1. The number of anilines is 1. The highest BCUT2D eigenvalue weighted by Crippen LogP contribution is 2.25. The third-order valence-electron chi connectivity index (χ3n) is 3.10. The first-order valence-electron chi connectivity index (χ1n) is 7.17. The van der Waals surface area contributed by atoms with Crippen LogP contribution < -0.4 is 5.32 Å². The van der Waals surface area contributed by atoms with E-state index in [4.69, 9.17) is 4.42 Å². The van der Waals surface area contributed by atoms with E-state index in [1.807, 2.05) is 30.2 Å². The monoisotopic (exact) mass is 323 g/mol. The van der Waals surface area contributed by atoms with Crippen molar-refractivity contribution in [2.45, 2.75) is 32.9 Å². The number of carbonyl (C=O) groups excluding carboxylic acids is 1. The Balaban J connectivity index is 1.94. The molecule has 0 fully saturated rings. The van der Waals surface area contributed by atoms with Crippen LogP contribution in [-0.2, 0) is 4.79 Å². The highest BCUT2D eigenvalue weighted by molar-refractivity contribution is 7.14. The van der Waals surface area contributed by atoms with E-state index in [9.17, 15) is 9.90 Å². The van der Waals surface area contributed by atoms with Crippen molar-refractivity contribution in [2.75, 3.05) is 18.4 Å². The van der Waals surface area contributed by atoms with Crippen molar-refractivity contribution >= 4 is 22.4 Å². The lowest BCUT2D eigenvalue weighted by Crippen LogP contribution is -2.41. The van der Waals surface area contributed by atoms with E-state index in [1.165, 1.54) is 11.3 Å². The first-order valence-corrected chi connectivity index (χ1v) is 8.05. The zero-order chi connectivity index (χ0) is 16.1. The summed E-state index contributed by atoms with van der Waals surface area (Å²) in [4.78, 5) is 18.4. The van der Waals surface area contributed by atoms with Crippen LogP contribution in [0.15, 0.2) is 28.2 Å². The molecular weight excluding hydrogens is 302 g/mol. The summed E-state index contributed by atoms with van der Waals surface area (Å²) in [5.41, 5.74) is 0.704. The molecule has 2 N–H and O–H groups in total. The fraction of sp³-hybridized carbons (Fsp3) is 0.467. The predicted molar refractivity (Wildman–Crippen MR) is 86.8 cm³/mol. The molecule has 0 radical (unpaired) electrons. The van der Waals surface area contributed by atoms with E-state index in [0.717, 1.165) is 0 Å². The molecule has 1 amide bonds. The topological polar surface area (TPSA) is 78.6 Å². The van der Waals surface area contributed by atoms with Crippen molar-refractivity contribution in [3.63, 3.8) is 0 Å². The molecule has 0 aliphatic carbocycles. The lowest BCUT2D eigenvalue weighted by Gasteiger charge is -2.26. The minimum Gasteiger partial charge on any atom is -0.463 e. The van der Waals surface area contributed by atoms with Gasteiger partial charge in [0.05, 0.1) is 18.9 Å². The molecule has 1 atom stereocenters. The van der Waals surface area contributed by atoms with Crippen molar-refractivity contribution in [3.8, 4) is 11.5 Å². The number of rotatable bonds is 7. The SMILES string of the molecule is CC(O)CN(CC(=O)Nc1nc(-c2ccco2)cs1)C(C)C. The van der Waals surface area contributed by atoms with E-state index < -0.39 is 6.10 Å². The van der Waals surface area contributed by atoms with E-state index >= 15 is 0 Å². The third kappa shape index (κ3) is 4.66. The quantitative estimate of drug-likeness (QED) is 0.818. The Bertz CT molecular complexity index is 593. The predicted octanol–water partition coefficient (Wildman–Crippen LogP) is 2.43. The molecule has 2 aromatic heterocycles. The van der Waals surface area contributed by atoms with Crippen molar-refractivity contribution in [1.29, 1.82) is 0 Å². The Kier molecular flexibility index (Phi) is 5.70. The summed E-state index contributed by atoms with van der Waals surface area (Å²) in [6.45, 7) is 6.38. The van der Waals surface area contributed by atoms with Crippen molar-refractivity contribution in [3.05, 3.63) is 23.8 Å². The molecule has 6 nitrogen and oxygen atoms in total. The van der Waals surface area contributed by atoms with Gasteiger partial charge >= 0.3 is 0 Å². The maximum atomic E-state index is 12.1. The highest BCUT2D eigenvalue weighted by atomic mass is 32.1. The summed E-state index contributed by atoms with van der Waals surface area (Å²) in [5, 5.41) is 14.7. The molecule has 120 valence electrons. The van der Waals surface area contributed by atoms with Gasteiger partial charge < -0.3 is 14.8 Å². The second-order valence-corrected chi connectivity index (χ2v) is 6.29. The third-order valence-corrected chi connectivity index (χ3v) is 3.86. The molecular formula is C15H21N3O3S. The van der Waals surface area contributed by atoms with Gasteiger partial charge in [-0.15, -0.1) is 11.3 Å². The molecule has 0 spiro atoms. The molecule has 0 aliphatic rings. The molecule has 7 heteroatoms. The molecule has 2 heterocycles. The number of thiazole rings is 1. The maximum absolute atomic E-state index is 12.1. The van der Waals surface area contributed by atoms with Crippen LogP contribution >= 0.6 is 11.3 Å². The van der Waals surface area contributed by atoms with Gasteiger partial charge in [-0.25, -0.2) is 4.98 Å². The largest absolute Gasteiger partial charge is 0.463 e. The van der Waals surface area contributed by atoms with Crippen LogP contribution in [0.25, 0.3) is 11.5 Å². The van der Waals surface area contributed by atoms with Crippen LogP contribution in [0.4, 0.5) is 5.13 Å². The van der Waals surface area contributed by atoms with Crippen molar-refractivity contribution in [1.82, 2.24) is 9.88 Å². The van der Waals surface area contributed by atoms with Crippen LogP contribution in [0.2, 0.25) is 0 Å². The average molecular weight is 323 g/mol. The number of hydrogen-bond donors (Lipinski definition) is 2. The minimum atomic E-state index is -0.472. The Morgan fingerprint density at radius 3 is 2.86 bits per heavy atom. The summed E-state index contributed by atoms with van der Waals surface area (Å²) in [7, 11) is 0. The fourth-order valence-electron chi connectivity index (χ4n) is 2.01. The van der Waals surface area contributed by atoms with Crippen LogP contribution in [-0.4, -0.2) is 46.1 Å². The Morgan fingerprint density at radius 1 is 1.50 bits per heavy atom. The summed E-state index contributed by atoms with van der Waals surface area (Å²) >= 11 is 1.35. The lowest BCUT2D eigenvalue weighted by atomic mass is 10.2. The zero-order valence-electron chi connectivity index (χ0n) is 12.9. The number of aliphatic hydroxyl groups is 1. The second kappa shape index (κ2) is 7.53. The Morgan fingerprint density at radius 2 is 2.27 bits per heavy atom. The average Bonchev–Trinajstić information content (AvgIpc) is 3.07. The van der Waals surface area contributed by atoms with E-state index in [-0.39, 0.29) is 18.5 Å². The summed E-state index contributed by atoms with van der Waals surface area (Å²) in [6.07, 6.45) is 1.12. The van der Waals surface area contributed by atoms with Gasteiger partial charge in [0.15, 0.2) is 10.9 Å². The van der Waals surface area contributed by atoms with Crippen molar-refractivity contribution < 1.29 is 14.3 Å². The molecule has 2 rings (SSSR count). The van der Waals surface area contributed by atoms with Crippen LogP contribution in [0.1, 0.15) is 20.8 Å². The van der Waals surface area contributed by atoms with Crippen LogP contribution in [0, 0.1) is 0 Å². The number of aliphatic hydroxyl groups excluding tert-OH is 1. The highest BCUT2D eigenvalue weighted by Gasteiger charge is 2.17. The van der Waals surface area contributed by atoms with Gasteiger partial charge in [0.25, 0.3) is 0 Å². The van der Waals surface area contributed by atoms with Gasteiger partial charge in [-0.3, -0.25) is 9.69 Å². The van der Waals surface area contributed by atoms with Gasteiger partial charge in [0, 0.05) is 18.0 Å². The fourth-order valence-corrected chi connectivity index (χ4v) is 2.73. The number of nitrogens with zero attached hydrogens (tertiary/aromatic N) is 2. The molecule has 2 aromatic rings. The number of nitrogens with one attached hydrogen (secondary N) is 1. The van der Waals surface area contributed by atoms with Crippen LogP contribution in [0.3, 0.4) is 0 Å². The van der Waals surface area contributed by atoms with E-state index in [2.05, 4.69) is 10.3 Å². The molecule has 0 aliphatic heterocycles. The van der Waals surface area contributed by atoms with Gasteiger partial charge in [-0.2, -0.15) is 0 Å². The summed E-state index contributed by atoms with van der Waals surface area (Å²) in [5.74, 6) is 0.532. The smallest absolute Gasteiger partial charge is 0.240 e. The summed E-state index contributed by atoms with van der Waals surface area (Å²) < 4.78 is 5.27. The zero-order valence-corrected chi connectivity index (χ0v) is 13.8. The first-order chi connectivity index (χ1) is 10.5. The lowest BCUT2D eigenvalue weighted by molar-refractivity contribution is -0.118. The van der Waals surface area contributed by atoms with Gasteiger partial charge in [-0.1, -0.05) is 0 Å². The maximum Gasteiger partial charge on any atom is 0.240 e. The standard InChI is InChI=1S/C15H21N3O3S/c1-10(2)18(7-11(3)19)8-14(20)17-15-16-12(9-22-15)13-5-4-6-21-13/h4-6,9-11,19H,7-8H2,1-3H3,(H,16,17,20). The van der Waals surface area contributed by atoms with Crippen LogP contribution in [0.5, 0.6) is 0 Å². The second-order valence-electron chi connectivity index (χ2n) is 5.44. The van der Waals surface area contributed by atoms with Gasteiger partial charge in [0.2, 0.25) is 5.91 Å². The number of aromatic nitrogens is 1. The molecule has 1 unspecified atom stereocenters. The summed E-state index contributed by atoms with van der Waals surface area (Å²) in [6, 6.07) is 3.79. The van der Waals surface area contributed by atoms with Crippen molar-refractivity contribution in [2.24, 2.45) is 0 Å². The van der Waals surface area contributed by atoms with Gasteiger partial charge in [-0.05, 0) is 32.9 Å². The number of amides is 1. The van der Waals surface area contributed by atoms with E-state index in [1.54, 1.807) is 19.3 Å². The first kappa shape index (κ1) is 16.7. The Labute approximate surface area is 133 Å². The molecule has 22 heavy (non-hydrogen) atoms. The Hall–Kier alpha value is -1.70. The normalized spacial score (nSPS) is 12.8. The minimum absolute atomic E-state index is 0.144. The molecule has 0 saturated carbocycles. The van der Waals surface area contributed by atoms with E-state index in [0.29, 0.717) is 23.1 Å². The molecule has 0 aromatic carbocycles. The number of hydrogen-bond acceptors (Lipinski definition) is 6. The molecule has 0 saturated heterocycles. The van der Waals surface area contributed by atoms with Gasteiger partial charge in [0.1, 0.15) is 5.69 Å².